The van der Waals surface area contributed by atoms with Gasteiger partial charge in [-0.25, -0.2) is 0 Å². The van der Waals surface area contributed by atoms with Crippen LogP contribution in [0.5, 0.6) is 0 Å². The monoisotopic (exact) mass is 211 g/mol. The van der Waals surface area contributed by atoms with Crippen molar-refractivity contribution < 1.29 is 0 Å². The van der Waals surface area contributed by atoms with Crippen LogP contribution in [0.2, 0.25) is 0 Å². The predicted octanol–water partition coefficient (Wildman–Crippen LogP) is 2.16. The largest absolute Gasteiger partial charge is 0.357 e. The van der Waals surface area contributed by atoms with Crippen molar-refractivity contribution in [1.29, 1.82) is 0 Å². The Morgan fingerprint density at radius 3 is 2.67 bits per heavy atom. The molecule has 2 N–H and O–H groups in total. The SMILES string of the molecule is C=CCNC(=NCCCC(C)C)NCC. The van der Waals surface area contributed by atoms with Crippen LogP contribution in [0.1, 0.15) is 33.6 Å². The molecule has 3 nitrogen and oxygen atoms in total. The zero-order valence-electron chi connectivity index (χ0n) is 10.3. The molecule has 0 heterocycles. The smallest absolute Gasteiger partial charge is 0.191 e. The molecular weight excluding hydrogens is 186 g/mol. The second-order valence-corrected chi connectivity index (χ2v) is 3.97. The van der Waals surface area contributed by atoms with E-state index in [-0.39, 0.29) is 0 Å². The van der Waals surface area contributed by atoms with Gasteiger partial charge in [-0.1, -0.05) is 19.9 Å². The van der Waals surface area contributed by atoms with E-state index < -0.39 is 0 Å². The first-order valence-corrected chi connectivity index (χ1v) is 5.83. The third kappa shape index (κ3) is 9.32. The summed E-state index contributed by atoms with van der Waals surface area (Å²) in [5.41, 5.74) is 0. The minimum atomic E-state index is 0.760. The van der Waals surface area contributed by atoms with E-state index in [0.717, 1.165) is 37.9 Å². The fourth-order valence-corrected chi connectivity index (χ4v) is 1.20. The Hall–Kier alpha value is -0.990. The summed E-state index contributed by atoms with van der Waals surface area (Å²) in [5, 5.41) is 6.38. The Labute approximate surface area is 94.1 Å². The lowest BCUT2D eigenvalue weighted by atomic mass is 10.1. The van der Waals surface area contributed by atoms with Gasteiger partial charge < -0.3 is 10.6 Å². The van der Waals surface area contributed by atoms with E-state index in [2.05, 4.69) is 43.0 Å². The average Bonchev–Trinajstić information content (AvgIpc) is 2.20. The summed E-state index contributed by atoms with van der Waals surface area (Å²) in [6, 6.07) is 0. The molecular formula is C12H25N3. The van der Waals surface area contributed by atoms with Crippen molar-refractivity contribution in [3.8, 4) is 0 Å². The molecule has 15 heavy (non-hydrogen) atoms. The van der Waals surface area contributed by atoms with Gasteiger partial charge in [0.05, 0.1) is 0 Å². The lowest BCUT2D eigenvalue weighted by Gasteiger charge is -2.09. The second-order valence-electron chi connectivity index (χ2n) is 3.97. The highest BCUT2D eigenvalue weighted by Crippen LogP contribution is 2.02. The summed E-state index contributed by atoms with van der Waals surface area (Å²) in [5.74, 6) is 1.66. The number of nitrogens with one attached hydrogen (secondary N) is 2. The van der Waals surface area contributed by atoms with Crippen molar-refractivity contribution in [2.45, 2.75) is 33.6 Å². The van der Waals surface area contributed by atoms with Crippen molar-refractivity contribution in [1.82, 2.24) is 10.6 Å². The summed E-state index contributed by atoms with van der Waals surface area (Å²) in [4.78, 5) is 4.47. The zero-order chi connectivity index (χ0) is 11.5. The van der Waals surface area contributed by atoms with Gasteiger partial charge in [0.15, 0.2) is 5.96 Å². The molecule has 3 heteroatoms. The molecule has 0 saturated carbocycles. The van der Waals surface area contributed by atoms with Gasteiger partial charge in [-0.05, 0) is 25.7 Å². The molecule has 0 aliphatic rings. The van der Waals surface area contributed by atoms with E-state index in [4.69, 9.17) is 0 Å². The fraction of sp³-hybridized carbons (Fsp3) is 0.750. The minimum Gasteiger partial charge on any atom is -0.357 e. The Bertz CT molecular complexity index is 185. The van der Waals surface area contributed by atoms with Crippen molar-refractivity contribution in [3.05, 3.63) is 12.7 Å². The van der Waals surface area contributed by atoms with Crippen molar-refractivity contribution in [3.63, 3.8) is 0 Å². The normalized spacial score (nSPS) is 11.6. The highest BCUT2D eigenvalue weighted by Gasteiger charge is 1.95. The maximum absolute atomic E-state index is 4.47. The van der Waals surface area contributed by atoms with Gasteiger partial charge in [0.25, 0.3) is 0 Å². The molecule has 0 spiro atoms. The molecule has 0 fully saturated rings. The number of nitrogens with zero attached hydrogens (tertiary/aromatic N) is 1. The van der Waals surface area contributed by atoms with Crippen LogP contribution in [0.4, 0.5) is 0 Å². The molecule has 88 valence electrons. The predicted molar refractivity (Wildman–Crippen MR) is 68.3 cm³/mol. The van der Waals surface area contributed by atoms with Gasteiger partial charge in [-0.15, -0.1) is 6.58 Å². The van der Waals surface area contributed by atoms with Crippen LogP contribution in [-0.4, -0.2) is 25.6 Å². The molecule has 0 radical (unpaired) electrons. The van der Waals surface area contributed by atoms with Gasteiger partial charge >= 0.3 is 0 Å². The van der Waals surface area contributed by atoms with E-state index in [1.165, 1.54) is 6.42 Å². The number of guanidine groups is 1. The summed E-state index contributed by atoms with van der Waals surface area (Å²) in [6.07, 6.45) is 4.23. The molecule has 0 bridgehead atoms. The molecule has 0 rings (SSSR count). The number of rotatable bonds is 7. The molecule has 0 aliphatic heterocycles. The lowest BCUT2D eigenvalue weighted by molar-refractivity contribution is 0.560. The molecule has 0 saturated heterocycles. The topological polar surface area (TPSA) is 36.4 Å². The van der Waals surface area contributed by atoms with E-state index in [0.29, 0.717) is 0 Å². The molecule has 0 aromatic heterocycles. The van der Waals surface area contributed by atoms with E-state index in [9.17, 15) is 0 Å². The van der Waals surface area contributed by atoms with Crippen molar-refractivity contribution in [2.24, 2.45) is 10.9 Å². The third-order valence-electron chi connectivity index (χ3n) is 1.97. The Morgan fingerprint density at radius 1 is 1.40 bits per heavy atom. The molecule has 0 aromatic carbocycles. The zero-order valence-corrected chi connectivity index (χ0v) is 10.3. The summed E-state index contributed by atoms with van der Waals surface area (Å²) >= 11 is 0. The van der Waals surface area contributed by atoms with Gasteiger partial charge in [-0.2, -0.15) is 0 Å². The first kappa shape index (κ1) is 14.0. The number of aliphatic imine (C=N–C) groups is 1. The highest BCUT2D eigenvalue weighted by atomic mass is 15.2. The van der Waals surface area contributed by atoms with Crippen LogP contribution in [-0.2, 0) is 0 Å². The Balaban J connectivity index is 3.77. The van der Waals surface area contributed by atoms with Gasteiger partial charge in [0, 0.05) is 19.6 Å². The van der Waals surface area contributed by atoms with E-state index in [1.807, 2.05) is 6.08 Å². The standard InChI is InChI=1S/C12H25N3/c1-5-9-14-12(13-6-2)15-10-7-8-11(3)4/h5,11H,1,6-10H2,2-4H3,(H2,13,14,15). The number of hydrogen-bond acceptors (Lipinski definition) is 1. The first-order valence-electron chi connectivity index (χ1n) is 5.83. The first-order chi connectivity index (χ1) is 7.20. The Kier molecular flexibility index (Phi) is 8.93. The lowest BCUT2D eigenvalue weighted by Crippen LogP contribution is -2.37. The van der Waals surface area contributed by atoms with Crippen LogP contribution in [0, 0.1) is 5.92 Å². The molecule has 0 aliphatic carbocycles. The molecule has 0 unspecified atom stereocenters. The van der Waals surface area contributed by atoms with Crippen molar-refractivity contribution in [2.75, 3.05) is 19.6 Å². The van der Waals surface area contributed by atoms with Crippen LogP contribution in [0.25, 0.3) is 0 Å². The van der Waals surface area contributed by atoms with Gasteiger partial charge in [0.2, 0.25) is 0 Å². The summed E-state index contributed by atoms with van der Waals surface area (Å²) in [6.45, 7) is 12.8. The van der Waals surface area contributed by atoms with E-state index >= 15 is 0 Å². The average molecular weight is 211 g/mol. The third-order valence-corrected chi connectivity index (χ3v) is 1.97. The van der Waals surface area contributed by atoms with Crippen LogP contribution in [0.15, 0.2) is 17.6 Å². The van der Waals surface area contributed by atoms with Crippen molar-refractivity contribution >= 4 is 5.96 Å². The molecule has 0 amide bonds. The Morgan fingerprint density at radius 2 is 2.13 bits per heavy atom. The van der Waals surface area contributed by atoms with Crippen LogP contribution >= 0.6 is 0 Å². The summed E-state index contributed by atoms with van der Waals surface area (Å²) in [7, 11) is 0. The molecule has 0 atom stereocenters. The van der Waals surface area contributed by atoms with Crippen LogP contribution in [0.3, 0.4) is 0 Å². The quantitative estimate of drug-likeness (QED) is 0.293. The maximum Gasteiger partial charge on any atom is 0.191 e. The minimum absolute atomic E-state index is 0.760. The maximum atomic E-state index is 4.47. The second kappa shape index (κ2) is 9.56. The number of hydrogen-bond donors (Lipinski definition) is 2. The van der Waals surface area contributed by atoms with Crippen LogP contribution < -0.4 is 10.6 Å². The van der Waals surface area contributed by atoms with Gasteiger partial charge in [-0.3, -0.25) is 4.99 Å². The highest BCUT2D eigenvalue weighted by molar-refractivity contribution is 5.79. The fourth-order valence-electron chi connectivity index (χ4n) is 1.20. The van der Waals surface area contributed by atoms with Gasteiger partial charge in [0.1, 0.15) is 0 Å². The van der Waals surface area contributed by atoms with E-state index in [1.54, 1.807) is 0 Å². The summed E-state index contributed by atoms with van der Waals surface area (Å²) < 4.78 is 0. The molecule has 0 aromatic rings.